The lowest BCUT2D eigenvalue weighted by Crippen LogP contribution is -2.53. The van der Waals surface area contributed by atoms with Crippen molar-refractivity contribution in [3.63, 3.8) is 0 Å². The monoisotopic (exact) mass is 226 g/mol. The van der Waals surface area contributed by atoms with Gasteiger partial charge in [0.05, 0.1) is 6.04 Å². The van der Waals surface area contributed by atoms with Gasteiger partial charge in [0, 0.05) is 19.6 Å². The lowest BCUT2D eigenvalue weighted by atomic mass is 10.1. The predicted octanol–water partition coefficient (Wildman–Crippen LogP) is 2.17. The van der Waals surface area contributed by atoms with Crippen molar-refractivity contribution in [2.45, 2.75) is 58.4 Å². The van der Waals surface area contributed by atoms with E-state index in [1.807, 2.05) is 11.8 Å². The molecule has 3 nitrogen and oxygen atoms in total. The van der Waals surface area contributed by atoms with Gasteiger partial charge < -0.3 is 10.2 Å². The van der Waals surface area contributed by atoms with Gasteiger partial charge in [0.1, 0.15) is 0 Å². The molecule has 1 aliphatic rings. The van der Waals surface area contributed by atoms with Crippen molar-refractivity contribution in [3.8, 4) is 0 Å². The quantitative estimate of drug-likeness (QED) is 0.675. The number of unbranched alkanes of at least 4 members (excludes halogenated alkanes) is 5. The third-order valence-corrected chi connectivity index (χ3v) is 3.30. The first-order valence-corrected chi connectivity index (χ1v) is 6.78. The molecular weight excluding hydrogens is 200 g/mol. The summed E-state index contributed by atoms with van der Waals surface area (Å²) < 4.78 is 0. The van der Waals surface area contributed by atoms with Crippen molar-refractivity contribution < 1.29 is 4.79 Å². The number of carbonyl (C=O) groups is 1. The Balaban J connectivity index is 2.05. The zero-order chi connectivity index (χ0) is 11.8. The van der Waals surface area contributed by atoms with Gasteiger partial charge in [-0.3, -0.25) is 4.79 Å². The molecular formula is C13H26N2O. The van der Waals surface area contributed by atoms with Crippen LogP contribution in [0.25, 0.3) is 0 Å². The summed E-state index contributed by atoms with van der Waals surface area (Å²) in [6, 6.07) is 0.0221. The van der Waals surface area contributed by atoms with Crippen LogP contribution in [0.4, 0.5) is 0 Å². The van der Waals surface area contributed by atoms with Crippen LogP contribution in [0.2, 0.25) is 0 Å². The summed E-state index contributed by atoms with van der Waals surface area (Å²) in [6.45, 7) is 6.98. The molecule has 1 heterocycles. The van der Waals surface area contributed by atoms with Crippen LogP contribution in [0.1, 0.15) is 52.4 Å². The number of carbonyl (C=O) groups excluding carboxylic acids is 1. The third-order valence-electron chi connectivity index (χ3n) is 3.30. The standard InChI is InChI=1S/C13H26N2O/c1-3-4-5-6-7-8-10-15-11-9-14-12(2)13(15)16/h12,14H,3-11H2,1-2H3. The fraction of sp³-hybridized carbons (Fsp3) is 0.923. The first-order valence-electron chi connectivity index (χ1n) is 6.78. The number of amides is 1. The van der Waals surface area contributed by atoms with Crippen LogP contribution in [0.15, 0.2) is 0 Å². The van der Waals surface area contributed by atoms with Crippen LogP contribution in [0.3, 0.4) is 0 Å². The van der Waals surface area contributed by atoms with E-state index >= 15 is 0 Å². The highest BCUT2D eigenvalue weighted by Crippen LogP contribution is 2.08. The van der Waals surface area contributed by atoms with E-state index in [-0.39, 0.29) is 11.9 Å². The molecule has 1 saturated heterocycles. The Bertz CT molecular complexity index is 206. The average molecular weight is 226 g/mol. The van der Waals surface area contributed by atoms with E-state index in [0.29, 0.717) is 0 Å². The fourth-order valence-electron chi connectivity index (χ4n) is 2.19. The Kier molecular flexibility index (Phi) is 6.46. The first-order chi connectivity index (χ1) is 7.75. The largest absolute Gasteiger partial charge is 0.340 e. The molecule has 1 N–H and O–H groups in total. The number of piperazine rings is 1. The summed E-state index contributed by atoms with van der Waals surface area (Å²) in [5.41, 5.74) is 0. The van der Waals surface area contributed by atoms with Gasteiger partial charge in [0.2, 0.25) is 5.91 Å². The topological polar surface area (TPSA) is 32.3 Å². The van der Waals surface area contributed by atoms with Crippen LogP contribution in [0.5, 0.6) is 0 Å². The Labute approximate surface area is 99.6 Å². The van der Waals surface area contributed by atoms with Gasteiger partial charge in [0.15, 0.2) is 0 Å². The van der Waals surface area contributed by atoms with Crippen molar-refractivity contribution in [3.05, 3.63) is 0 Å². The number of nitrogens with zero attached hydrogens (tertiary/aromatic N) is 1. The van der Waals surface area contributed by atoms with E-state index in [9.17, 15) is 4.79 Å². The number of rotatable bonds is 7. The second kappa shape index (κ2) is 7.66. The minimum atomic E-state index is 0.0221. The number of hydrogen-bond donors (Lipinski definition) is 1. The Morgan fingerprint density at radius 3 is 2.69 bits per heavy atom. The van der Waals surface area contributed by atoms with Crippen LogP contribution in [-0.2, 0) is 4.79 Å². The maximum atomic E-state index is 11.8. The van der Waals surface area contributed by atoms with Crippen molar-refractivity contribution >= 4 is 5.91 Å². The molecule has 16 heavy (non-hydrogen) atoms. The SMILES string of the molecule is CCCCCCCCN1CCNC(C)C1=O. The van der Waals surface area contributed by atoms with E-state index in [0.717, 1.165) is 19.6 Å². The molecule has 0 aromatic heterocycles. The maximum absolute atomic E-state index is 11.8. The molecule has 0 aliphatic carbocycles. The smallest absolute Gasteiger partial charge is 0.239 e. The molecule has 1 aliphatic heterocycles. The van der Waals surface area contributed by atoms with Crippen molar-refractivity contribution in [1.82, 2.24) is 10.2 Å². The molecule has 1 amide bonds. The minimum absolute atomic E-state index is 0.0221. The molecule has 1 unspecified atom stereocenters. The molecule has 0 spiro atoms. The molecule has 1 rings (SSSR count). The number of nitrogens with one attached hydrogen (secondary N) is 1. The fourth-order valence-corrected chi connectivity index (χ4v) is 2.19. The number of hydrogen-bond acceptors (Lipinski definition) is 2. The molecule has 0 aromatic rings. The van der Waals surface area contributed by atoms with Crippen LogP contribution < -0.4 is 5.32 Å². The zero-order valence-electron chi connectivity index (χ0n) is 10.8. The van der Waals surface area contributed by atoms with E-state index in [4.69, 9.17) is 0 Å². The van der Waals surface area contributed by atoms with Gasteiger partial charge in [0.25, 0.3) is 0 Å². The molecule has 0 aromatic carbocycles. The van der Waals surface area contributed by atoms with Gasteiger partial charge >= 0.3 is 0 Å². The summed E-state index contributed by atoms with van der Waals surface area (Å²) in [5, 5.41) is 3.19. The predicted molar refractivity (Wildman–Crippen MR) is 67.4 cm³/mol. The second-order valence-electron chi connectivity index (χ2n) is 4.77. The highest BCUT2D eigenvalue weighted by atomic mass is 16.2. The molecule has 0 bridgehead atoms. The Hall–Kier alpha value is -0.570. The molecule has 0 saturated carbocycles. The van der Waals surface area contributed by atoms with Gasteiger partial charge in [-0.1, -0.05) is 39.0 Å². The molecule has 94 valence electrons. The van der Waals surface area contributed by atoms with Gasteiger partial charge in [-0.25, -0.2) is 0 Å². The summed E-state index contributed by atoms with van der Waals surface area (Å²) in [7, 11) is 0. The second-order valence-corrected chi connectivity index (χ2v) is 4.77. The maximum Gasteiger partial charge on any atom is 0.239 e. The Morgan fingerprint density at radius 2 is 1.94 bits per heavy atom. The first kappa shape index (κ1) is 13.5. The van der Waals surface area contributed by atoms with Crippen LogP contribution >= 0.6 is 0 Å². The van der Waals surface area contributed by atoms with E-state index in [2.05, 4.69) is 12.2 Å². The van der Waals surface area contributed by atoms with Crippen molar-refractivity contribution in [2.75, 3.05) is 19.6 Å². The zero-order valence-corrected chi connectivity index (χ0v) is 10.8. The molecule has 1 fully saturated rings. The van der Waals surface area contributed by atoms with E-state index < -0.39 is 0 Å². The molecule has 0 radical (unpaired) electrons. The summed E-state index contributed by atoms with van der Waals surface area (Å²) in [5.74, 6) is 0.278. The van der Waals surface area contributed by atoms with Crippen LogP contribution in [-0.4, -0.2) is 36.5 Å². The highest BCUT2D eigenvalue weighted by molar-refractivity contribution is 5.82. The normalized spacial score (nSPS) is 21.5. The van der Waals surface area contributed by atoms with E-state index in [1.165, 1.54) is 38.5 Å². The third kappa shape index (κ3) is 4.52. The lowest BCUT2D eigenvalue weighted by Gasteiger charge is -2.31. The highest BCUT2D eigenvalue weighted by Gasteiger charge is 2.23. The van der Waals surface area contributed by atoms with E-state index in [1.54, 1.807) is 0 Å². The Morgan fingerprint density at radius 1 is 1.25 bits per heavy atom. The van der Waals surface area contributed by atoms with Gasteiger partial charge in [-0.15, -0.1) is 0 Å². The average Bonchev–Trinajstić information content (AvgIpc) is 2.29. The van der Waals surface area contributed by atoms with Crippen LogP contribution in [0, 0.1) is 0 Å². The van der Waals surface area contributed by atoms with Gasteiger partial charge in [-0.05, 0) is 13.3 Å². The molecule has 3 heteroatoms. The minimum Gasteiger partial charge on any atom is -0.340 e. The van der Waals surface area contributed by atoms with Crippen molar-refractivity contribution in [1.29, 1.82) is 0 Å². The summed E-state index contributed by atoms with van der Waals surface area (Å²) in [6.07, 6.45) is 7.76. The van der Waals surface area contributed by atoms with Gasteiger partial charge in [-0.2, -0.15) is 0 Å². The lowest BCUT2D eigenvalue weighted by molar-refractivity contribution is -0.135. The molecule has 1 atom stereocenters. The summed E-state index contributed by atoms with van der Waals surface area (Å²) >= 11 is 0. The van der Waals surface area contributed by atoms with Crippen molar-refractivity contribution in [2.24, 2.45) is 0 Å². The summed E-state index contributed by atoms with van der Waals surface area (Å²) in [4.78, 5) is 13.8.